The van der Waals surface area contributed by atoms with Crippen LogP contribution in [-0.2, 0) is 14.3 Å². The number of rotatable bonds is 2. The molecule has 0 aliphatic heterocycles. The van der Waals surface area contributed by atoms with Crippen molar-refractivity contribution in [2.45, 2.75) is 78.0 Å². The highest BCUT2D eigenvalue weighted by atomic mass is 16.6. The van der Waals surface area contributed by atoms with Gasteiger partial charge in [0.2, 0.25) is 0 Å². The maximum atomic E-state index is 12.4. The molecule has 1 amide bonds. The number of esters is 1. The average molecular weight is 285 g/mol. The zero-order valence-corrected chi connectivity index (χ0v) is 13.6. The van der Waals surface area contributed by atoms with Crippen molar-refractivity contribution in [2.75, 3.05) is 0 Å². The summed E-state index contributed by atoms with van der Waals surface area (Å²) < 4.78 is 10.7. The second-order valence-corrected chi connectivity index (χ2v) is 7.54. The zero-order chi connectivity index (χ0) is 15.8. The Labute approximate surface area is 121 Å². The highest BCUT2D eigenvalue weighted by molar-refractivity contribution is 5.87. The standard InChI is InChI=1S/C15H27NO4/c1-10-8-9-15(10,11(17)19-13(2,3)4)16-12(18)20-14(5,6)7/h10H,8-9H2,1-7H3,(H,16,18)/t10?,15-/m0/s1. The van der Waals surface area contributed by atoms with Crippen LogP contribution in [0.15, 0.2) is 0 Å². The van der Waals surface area contributed by atoms with Gasteiger partial charge in [-0.25, -0.2) is 9.59 Å². The van der Waals surface area contributed by atoms with Gasteiger partial charge in [0, 0.05) is 0 Å². The van der Waals surface area contributed by atoms with E-state index < -0.39 is 22.8 Å². The van der Waals surface area contributed by atoms with Gasteiger partial charge in [0.1, 0.15) is 16.7 Å². The molecule has 0 aromatic carbocycles. The Kier molecular flexibility index (Phi) is 4.42. The molecule has 5 heteroatoms. The topological polar surface area (TPSA) is 64.6 Å². The third-order valence-corrected chi connectivity index (χ3v) is 3.30. The van der Waals surface area contributed by atoms with Crippen molar-refractivity contribution in [3.63, 3.8) is 0 Å². The van der Waals surface area contributed by atoms with E-state index in [4.69, 9.17) is 9.47 Å². The summed E-state index contributed by atoms with van der Waals surface area (Å²) in [5.74, 6) is -0.334. The number of amides is 1. The molecule has 1 saturated carbocycles. The molecule has 0 radical (unpaired) electrons. The fraction of sp³-hybridized carbons (Fsp3) is 0.867. The second-order valence-electron chi connectivity index (χ2n) is 7.54. The van der Waals surface area contributed by atoms with Crippen LogP contribution in [0, 0.1) is 5.92 Å². The Bertz CT molecular complexity index is 392. The lowest BCUT2D eigenvalue weighted by atomic mass is 9.67. The van der Waals surface area contributed by atoms with Crippen molar-refractivity contribution in [3.05, 3.63) is 0 Å². The molecule has 1 aliphatic rings. The molecule has 2 atom stereocenters. The van der Waals surface area contributed by atoms with Gasteiger partial charge < -0.3 is 14.8 Å². The first-order chi connectivity index (χ1) is 8.86. The first-order valence-corrected chi connectivity index (χ1v) is 7.10. The van der Waals surface area contributed by atoms with Gasteiger partial charge in [-0.1, -0.05) is 6.92 Å². The lowest BCUT2D eigenvalue weighted by Gasteiger charge is -2.46. The van der Waals surface area contributed by atoms with E-state index in [2.05, 4.69) is 5.32 Å². The first kappa shape index (κ1) is 16.8. The SMILES string of the molecule is CC1CC[C@@]1(NC(=O)OC(C)(C)C)C(=O)OC(C)(C)C. The summed E-state index contributed by atoms with van der Waals surface area (Å²) in [4.78, 5) is 24.3. The van der Waals surface area contributed by atoms with Crippen molar-refractivity contribution in [1.29, 1.82) is 0 Å². The van der Waals surface area contributed by atoms with E-state index in [0.717, 1.165) is 6.42 Å². The minimum absolute atomic E-state index is 0.0462. The molecule has 0 spiro atoms. The van der Waals surface area contributed by atoms with Gasteiger partial charge in [0.25, 0.3) is 0 Å². The molecule has 0 heterocycles. The Morgan fingerprint density at radius 2 is 1.55 bits per heavy atom. The Morgan fingerprint density at radius 1 is 1.05 bits per heavy atom. The predicted octanol–water partition coefficient (Wildman–Crippen LogP) is 3.02. The van der Waals surface area contributed by atoms with Crippen molar-refractivity contribution < 1.29 is 19.1 Å². The molecule has 1 rings (SSSR count). The number of hydrogen-bond donors (Lipinski definition) is 1. The number of alkyl carbamates (subject to hydrolysis) is 1. The first-order valence-electron chi connectivity index (χ1n) is 7.10. The molecular formula is C15H27NO4. The summed E-state index contributed by atoms with van der Waals surface area (Å²) >= 11 is 0. The molecule has 20 heavy (non-hydrogen) atoms. The maximum Gasteiger partial charge on any atom is 0.408 e. The monoisotopic (exact) mass is 285 g/mol. The Balaban J connectivity index is 2.79. The summed E-state index contributed by atoms with van der Waals surface area (Å²) in [7, 11) is 0. The van der Waals surface area contributed by atoms with E-state index in [-0.39, 0.29) is 11.9 Å². The van der Waals surface area contributed by atoms with Crippen molar-refractivity contribution in [3.8, 4) is 0 Å². The molecule has 0 aromatic rings. The van der Waals surface area contributed by atoms with Gasteiger partial charge >= 0.3 is 12.1 Å². The molecule has 5 nitrogen and oxygen atoms in total. The molecule has 1 N–H and O–H groups in total. The van der Waals surface area contributed by atoms with Crippen LogP contribution < -0.4 is 5.32 Å². The highest BCUT2D eigenvalue weighted by Crippen LogP contribution is 2.40. The fourth-order valence-electron chi connectivity index (χ4n) is 2.12. The third kappa shape index (κ3) is 4.12. The number of carbonyl (C=O) groups excluding carboxylic acids is 2. The largest absolute Gasteiger partial charge is 0.458 e. The second kappa shape index (κ2) is 5.26. The van der Waals surface area contributed by atoms with Crippen LogP contribution in [0.25, 0.3) is 0 Å². The van der Waals surface area contributed by atoms with Crippen LogP contribution in [0.1, 0.15) is 61.3 Å². The maximum absolute atomic E-state index is 12.4. The van der Waals surface area contributed by atoms with Crippen LogP contribution in [0.3, 0.4) is 0 Å². The van der Waals surface area contributed by atoms with Gasteiger partial charge in [-0.3, -0.25) is 0 Å². The van der Waals surface area contributed by atoms with E-state index in [1.807, 2.05) is 27.7 Å². The Morgan fingerprint density at radius 3 is 1.85 bits per heavy atom. The van der Waals surface area contributed by atoms with Gasteiger partial charge in [-0.15, -0.1) is 0 Å². The molecule has 1 aliphatic carbocycles. The van der Waals surface area contributed by atoms with Gasteiger partial charge in [-0.2, -0.15) is 0 Å². The average Bonchev–Trinajstić information content (AvgIpc) is 2.18. The van der Waals surface area contributed by atoms with Crippen molar-refractivity contribution >= 4 is 12.1 Å². The molecule has 1 fully saturated rings. The van der Waals surface area contributed by atoms with E-state index >= 15 is 0 Å². The number of ether oxygens (including phenoxy) is 2. The summed E-state index contributed by atoms with van der Waals surface area (Å²) in [6.45, 7) is 12.7. The van der Waals surface area contributed by atoms with E-state index in [1.54, 1.807) is 20.8 Å². The van der Waals surface area contributed by atoms with Crippen molar-refractivity contribution in [2.24, 2.45) is 5.92 Å². The van der Waals surface area contributed by atoms with Crippen LogP contribution in [0.4, 0.5) is 4.79 Å². The molecule has 0 bridgehead atoms. The molecule has 1 unspecified atom stereocenters. The molecule has 116 valence electrons. The molecule has 0 aromatic heterocycles. The minimum atomic E-state index is -0.949. The number of carbonyl (C=O) groups is 2. The van der Waals surface area contributed by atoms with Crippen molar-refractivity contribution in [1.82, 2.24) is 5.32 Å². The quantitative estimate of drug-likeness (QED) is 0.792. The molecule has 0 saturated heterocycles. The van der Waals surface area contributed by atoms with E-state index in [1.165, 1.54) is 0 Å². The molecular weight excluding hydrogens is 258 g/mol. The van der Waals surface area contributed by atoms with E-state index in [9.17, 15) is 9.59 Å². The fourth-order valence-corrected chi connectivity index (χ4v) is 2.12. The van der Waals surface area contributed by atoms with E-state index in [0.29, 0.717) is 6.42 Å². The smallest absolute Gasteiger partial charge is 0.408 e. The zero-order valence-electron chi connectivity index (χ0n) is 13.6. The van der Waals surface area contributed by atoms with Gasteiger partial charge in [0.15, 0.2) is 0 Å². The van der Waals surface area contributed by atoms with Crippen LogP contribution >= 0.6 is 0 Å². The third-order valence-electron chi connectivity index (χ3n) is 3.30. The lowest BCUT2D eigenvalue weighted by molar-refractivity contribution is -0.171. The summed E-state index contributed by atoms with van der Waals surface area (Å²) in [5.41, 5.74) is -2.11. The summed E-state index contributed by atoms with van der Waals surface area (Å²) in [5, 5.41) is 2.72. The lowest BCUT2D eigenvalue weighted by Crippen LogP contribution is -2.66. The number of hydrogen-bond acceptors (Lipinski definition) is 4. The van der Waals surface area contributed by atoms with Gasteiger partial charge in [0.05, 0.1) is 0 Å². The Hall–Kier alpha value is -1.26. The predicted molar refractivity (Wildman–Crippen MR) is 76.3 cm³/mol. The van der Waals surface area contributed by atoms with Crippen LogP contribution in [0.2, 0.25) is 0 Å². The number of nitrogens with one attached hydrogen (secondary N) is 1. The van der Waals surface area contributed by atoms with Gasteiger partial charge in [-0.05, 0) is 60.3 Å². The van der Waals surface area contributed by atoms with Crippen LogP contribution in [0.5, 0.6) is 0 Å². The minimum Gasteiger partial charge on any atom is -0.458 e. The summed E-state index contributed by atoms with van der Waals surface area (Å²) in [6, 6.07) is 0. The highest BCUT2D eigenvalue weighted by Gasteiger charge is 2.54. The summed E-state index contributed by atoms with van der Waals surface area (Å²) in [6.07, 6.45) is 0.895. The normalized spacial score (nSPS) is 26.4. The van der Waals surface area contributed by atoms with Crippen LogP contribution in [-0.4, -0.2) is 28.8 Å².